The summed E-state index contributed by atoms with van der Waals surface area (Å²) < 4.78 is 0. The van der Waals surface area contributed by atoms with Crippen molar-refractivity contribution in [1.82, 2.24) is 4.90 Å². The largest absolute Gasteiger partial charge is 0.481 e. The van der Waals surface area contributed by atoms with Gasteiger partial charge in [0, 0.05) is 19.0 Å². The molecule has 1 heterocycles. The van der Waals surface area contributed by atoms with E-state index in [9.17, 15) is 9.59 Å². The van der Waals surface area contributed by atoms with Crippen molar-refractivity contribution < 1.29 is 14.7 Å². The zero-order valence-corrected chi connectivity index (χ0v) is 10.6. The van der Waals surface area contributed by atoms with Crippen LogP contribution in [0.1, 0.15) is 39.5 Å². The molecule has 0 bridgehead atoms. The van der Waals surface area contributed by atoms with Gasteiger partial charge in [-0.05, 0) is 18.3 Å². The van der Waals surface area contributed by atoms with E-state index in [-0.39, 0.29) is 18.4 Å². The van der Waals surface area contributed by atoms with Crippen LogP contribution in [0.5, 0.6) is 0 Å². The minimum absolute atomic E-state index is 0.0309. The number of rotatable bonds is 2. The van der Waals surface area contributed by atoms with E-state index in [4.69, 9.17) is 5.11 Å². The zero-order valence-electron chi connectivity index (χ0n) is 10.6. The van der Waals surface area contributed by atoms with Gasteiger partial charge in [-0.2, -0.15) is 0 Å². The molecule has 0 aromatic carbocycles. The fraction of sp³-hybridized carbons (Fsp3) is 0.846. The highest BCUT2D eigenvalue weighted by Gasteiger charge is 2.41. The number of carboxylic acids is 1. The third-order valence-corrected chi connectivity index (χ3v) is 4.57. The topological polar surface area (TPSA) is 57.6 Å². The van der Waals surface area contributed by atoms with E-state index in [2.05, 4.69) is 13.8 Å². The lowest BCUT2D eigenvalue weighted by Crippen LogP contribution is -2.45. The molecular formula is C13H21NO3. The van der Waals surface area contributed by atoms with Crippen LogP contribution in [0.4, 0.5) is 0 Å². The molecule has 0 aromatic rings. The molecule has 2 fully saturated rings. The summed E-state index contributed by atoms with van der Waals surface area (Å²) in [4.78, 5) is 24.7. The molecule has 0 radical (unpaired) electrons. The second kappa shape index (κ2) is 4.67. The maximum absolute atomic E-state index is 11.9. The van der Waals surface area contributed by atoms with Crippen molar-refractivity contribution >= 4 is 11.9 Å². The zero-order chi connectivity index (χ0) is 12.6. The van der Waals surface area contributed by atoms with Crippen LogP contribution in [-0.4, -0.2) is 34.5 Å². The van der Waals surface area contributed by atoms with Crippen molar-refractivity contribution in [2.75, 3.05) is 6.54 Å². The predicted molar refractivity (Wildman–Crippen MR) is 63.4 cm³/mol. The Bertz CT molecular complexity index is 329. The molecule has 2 rings (SSSR count). The fourth-order valence-corrected chi connectivity index (χ4v) is 3.21. The van der Waals surface area contributed by atoms with E-state index >= 15 is 0 Å². The first-order valence-electron chi connectivity index (χ1n) is 6.53. The standard InChI is InChI=1S/C13H21NO3/c1-8-4-3-5-11(9(8)2)14-7-10(13(16)17)6-12(14)15/h8-11H,3-7H2,1-2H3,(H,16,17)/t8-,9-,10+,11-/m1/s1. The van der Waals surface area contributed by atoms with Crippen LogP contribution in [0.3, 0.4) is 0 Å². The third kappa shape index (κ3) is 2.31. The Morgan fingerprint density at radius 2 is 2.06 bits per heavy atom. The van der Waals surface area contributed by atoms with Gasteiger partial charge in [-0.1, -0.05) is 26.7 Å². The number of carbonyl (C=O) groups is 2. The minimum Gasteiger partial charge on any atom is -0.481 e. The van der Waals surface area contributed by atoms with Crippen molar-refractivity contribution in [2.24, 2.45) is 17.8 Å². The summed E-state index contributed by atoms with van der Waals surface area (Å²) in [6.07, 6.45) is 3.59. The molecule has 1 saturated heterocycles. The van der Waals surface area contributed by atoms with Gasteiger partial charge in [0.25, 0.3) is 0 Å². The van der Waals surface area contributed by atoms with Crippen molar-refractivity contribution in [3.8, 4) is 0 Å². The van der Waals surface area contributed by atoms with Crippen molar-refractivity contribution in [1.29, 1.82) is 0 Å². The van der Waals surface area contributed by atoms with Crippen molar-refractivity contribution in [3.05, 3.63) is 0 Å². The molecule has 17 heavy (non-hydrogen) atoms. The second-order valence-electron chi connectivity index (χ2n) is 5.62. The average Bonchev–Trinajstić information content (AvgIpc) is 2.65. The summed E-state index contributed by atoms with van der Waals surface area (Å²) in [5.41, 5.74) is 0. The van der Waals surface area contributed by atoms with Gasteiger partial charge in [0.05, 0.1) is 5.92 Å². The Hall–Kier alpha value is -1.06. The molecule has 1 N–H and O–H groups in total. The third-order valence-electron chi connectivity index (χ3n) is 4.57. The van der Waals surface area contributed by atoms with Gasteiger partial charge in [0.2, 0.25) is 5.91 Å². The lowest BCUT2D eigenvalue weighted by atomic mass is 9.77. The van der Waals surface area contributed by atoms with E-state index < -0.39 is 11.9 Å². The number of hydrogen-bond acceptors (Lipinski definition) is 2. The number of likely N-dealkylation sites (tertiary alicyclic amines) is 1. The highest BCUT2D eigenvalue weighted by molar-refractivity contribution is 5.86. The van der Waals surface area contributed by atoms with Gasteiger partial charge < -0.3 is 10.0 Å². The summed E-state index contributed by atoms with van der Waals surface area (Å²) in [7, 11) is 0. The Labute approximate surface area is 102 Å². The van der Waals surface area contributed by atoms with Gasteiger partial charge in [-0.15, -0.1) is 0 Å². The van der Waals surface area contributed by atoms with Gasteiger partial charge in [-0.3, -0.25) is 9.59 Å². The molecular weight excluding hydrogens is 218 g/mol. The lowest BCUT2D eigenvalue weighted by molar-refractivity contribution is -0.141. The van der Waals surface area contributed by atoms with Gasteiger partial charge >= 0.3 is 5.97 Å². The Morgan fingerprint density at radius 1 is 1.35 bits per heavy atom. The van der Waals surface area contributed by atoms with Crippen LogP contribution >= 0.6 is 0 Å². The number of amides is 1. The van der Waals surface area contributed by atoms with Crippen molar-refractivity contribution in [3.63, 3.8) is 0 Å². The molecule has 0 spiro atoms. The Kier molecular flexibility index (Phi) is 3.40. The number of hydrogen-bond donors (Lipinski definition) is 1. The second-order valence-corrected chi connectivity index (χ2v) is 5.62. The van der Waals surface area contributed by atoms with E-state index in [1.807, 2.05) is 4.90 Å². The molecule has 1 amide bonds. The number of nitrogens with zero attached hydrogens (tertiary/aromatic N) is 1. The number of carbonyl (C=O) groups excluding carboxylic acids is 1. The fourth-order valence-electron chi connectivity index (χ4n) is 3.21. The smallest absolute Gasteiger partial charge is 0.308 e. The SMILES string of the molecule is C[C@@H]1[C@H](C)CCC[C@H]1N1C[C@@H](C(=O)O)CC1=O. The summed E-state index contributed by atoms with van der Waals surface area (Å²) in [5, 5.41) is 8.99. The van der Waals surface area contributed by atoms with Crippen LogP contribution in [0.15, 0.2) is 0 Å². The first-order valence-corrected chi connectivity index (χ1v) is 6.53. The maximum Gasteiger partial charge on any atom is 0.308 e. The van der Waals surface area contributed by atoms with Crippen LogP contribution in [-0.2, 0) is 9.59 Å². The first-order chi connectivity index (χ1) is 8.00. The molecule has 4 atom stereocenters. The molecule has 96 valence electrons. The van der Waals surface area contributed by atoms with E-state index in [1.54, 1.807) is 0 Å². The number of aliphatic carboxylic acids is 1. The normalized spacial score (nSPS) is 38.5. The highest BCUT2D eigenvalue weighted by Crippen LogP contribution is 2.35. The molecule has 1 aliphatic carbocycles. The molecule has 4 nitrogen and oxygen atoms in total. The first kappa shape index (κ1) is 12.4. The molecule has 2 aliphatic rings. The molecule has 1 aliphatic heterocycles. The van der Waals surface area contributed by atoms with Gasteiger partial charge in [-0.25, -0.2) is 0 Å². The van der Waals surface area contributed by atoms with Crippen LogP contribution in [0, 0.1) is 17.8 Å². The van der Waals surface area contributed by atoms with Crippen molar-refractivity contribution in [2.45, 2.75) is 45.6 Å². The Balaban J connectivity index is 2.07. The molecule has 1 saturated carbocycles. The predicted octanol–water partition coefficient (Wildman–Crippen LogP) is 1.74. The summed E-state index contributed by atoms with van der Waals surface area (Å²) in [6, 6.07) is 0.260. The van der Waals surface area contributed by atoms with Gasteiger partial charge in [0.1, 0.15) is 0 Å². The van der Waals surface area contributed by atoms with Crippen LogP contribution < -0.4 is 0 Å². The Morgan fingerprint density at radius 3 is 2.65 bits per heavy atom. The quantitative estimate of drug-likeness (QED) is 0.798. The van der Waals surface area contributed by atoms with Crippen LogP contribution in [0.2, 0.25) is 0 Å². The average molecular weight is 239 g/mol. The summed E-state index contributed by atoms with van der Waals surface area (Å²) in [6.45, 7) is 4.83. The minimum atomic E-state index is -0.836. The molecule has 0 unspecified atom stereocenters. The summed E-state index contributed by atoms with van der Waals surface area (Å²) in [5.74, 6) is -0.182. The molecule has 0 aromatic heterocycles. The van der Waals surface area contributed by atoms with E-state index in [0.29, 0.717) is 18.4 Å². The molecule has 4 heteroatoms. The highest BCUT2D eigenvalue weighted by atomic mass is 16.4. The van der Waals surface area contributed by atoms with Crippen LogP contribution in [0.25, 0.3) is 0 Å². The monoisotopic (exact) mass is 239 g/mol. The van der Waals surface area contributed by atoms with E-state index in [0.717, 1.165) is 12.8 Å². The van der Waals surface area contributed by atoms with E-state index in [1.165, 1.54) is 6.42 Å². The number of carboxylic acid groups (broad SMARTS) is 1. The maximum atomic E-state index is 11.9. The summed E-state index contributed by atoms with van der Waals surface area (Å²) >= 11 is 0. The van der Waals surface area contributed by atoms with Gasteiger partial charge in [0.15, 0.2) is 0 Å². The lowest BCUT2D eigenvalue weighted by Gasteiger charge is -2.39.